The van der Waals surface area contributed by atoms with Crippen LogP contribution in [0.2, 0.25) is 0 Å². The van der Waals surface area contributed by atoms with Crippen molar-refractivity contribution in [3.05, 3.63) is 35.5 Å². The van der Waals surface area contributed by atoms with E-state index in [1.165, 1.54) is 50.5 Å². The van der Waals surface area contributed by atoms with Gasteiger partial charge in [-0.3, -0.25) is 0 Å². The summed E-state index contributed by atoms with van der Waals surface area (Å²) >= 11 is 0. The average Bonchev–Trinajstić information content (AvgIpc) is 2.89. The first-order valence-electron chi connectivity index (χ1n) is 10.6. The quantitative estimate of drug-likeness (QED) is 0.448. The molecule has 0 heteroatoms. The first-order valence-corrected chi connectivity index (χ1v) is 10.6. The topological polar surface area (TPSA) is 0 Å². The highest BCUT2D eigenvalue weighted by Gasteiger charge is 2.47. The Morgan fingerprint density at radius 1 is 1.21 bits per heavy atom. The molecule has 4 unspecified atom stereocenters. The zero-order valence-corrected chi connectivity index (χ0v) is 17.5. The van der Waals surface area contributed by atoms with Crippen molar-refractivity contribution in [2.45, 2.75) is 93.4 Å². The maximum Gasteiger partial charge on any atom is -0.0108 e. The van der Waals surface area contributed by atoms with Gasteiger partial charge in [0.1, 0.15) is 0 Å². The molecule has 1 fully saturated rings. The second-order valence-corrected chi connectivity index (χ2v) is 7.64. The van der Waals surface area contributed by atoms with E-state index >= 15 is 0 Å². The molecule has 0 amide bonds. The first-order chi connectivity index (χ1) is 11.6. The van der Waals surface area contributed by atoms with Crippen molar-refractivity contribution in [2.24, 2.45) is 23.2 Å². The SMILES string of the molecule is C=CC1=CCC2C3=C(CC)CCC3(C)CCC2C(C)C1.CC.CC. The van der Waals surface area contributed by atoms with E-state index in [0.717, 1.165) is 17.8 Å². The summed E-state index contributed by atoms with van der Waals surface area (Å²) in [4.78, 5) is 0. The van der Waals surface area contributed by atoms with Crippen LogP contribution in [0.5, 0.6) is 0 Å². The van der Waals surface area contributed by atoms with E-state index in [2.05, 4.69) is 39.5 Å². The largest absolute Gasteiger partial charge is 0.0988 e. The second kappa shape index (κ2) is 9.64. The van der Waals surface area contributed by atoms with E-state index in [9.17, 15) is 0 Å². The molecule has 0 bridgehead atoms. The van der Waals surface area contributed by atoms with Crippen molar-refractivity contribution in [3.63, 3.8) is 0 Å². The highest BCUT2D eigenvalue weighted by Crippen LogP contribution is 2.59. The van der Waals surface area contributed by atoms with Crippen LogP contribution in [0.15, 0.2) is 35.5 Å². The molecule has 24 heavy (non-hydrogen) atoms. The third-order valence-corrected chi connectivity index (χ3v) is 6.54. The molecule has 0 radical (unpaired) electrons. The predicted molar refractivity (Wildman–Crippen MR) is 110 cm³/mol. The molecule has 3 rings (SSSR count). The van der Waals surface area contributed by atoms with E-state index in [0.29, 0.717) is 5.41 Å². The Morgan fingerprint density at radius 2 is 1.88 bits per heavy atom. The Bertz CT molecular complexity index is 464. The molecule has 0 aromatic heterocycles. The zero-order chi connectivity index (χ0) is 18.3. The van der Waals surface area contributed by atoms with Gasteiger partial charge in [0.25, 0.3) is 0 Å². The van der Waals surface area contributed by atoms with Crippen LogP contribution >= 0.6 is 0 Å². The van der Waals surface area contributed by atoms with Crippen LogP contribution in [0.25, 0.3) is 0 Å². The summed E-state index contributed by atoms with van der Waals surface area (Å²) in [5, 5.41) is 0. The Labute approximate surface area is 152 Å². The van der Waals surface area contributed by atoms with Gasteiger partial charge in [0.2, 0.25) is 0 Å². The Balaban J connectivity index is 0.000000671. The fourth-order valence-corrected chi connectivity index (χ4v) is 5.39. The summed E-state index contributed by atoms with van der Waals surface area (Å²) in [6.07, 6.45) is 14.1. The number of allylic oxidation sites excluding steroid dienone is 5. The minimum absolute atomic E-state index is 0.540. The summed E-state index contributed by atoms with van der Waals surface area (Å²) in [7, 11) is 0. The van der Waals surface area contributed by atoms with Crippen molar-refractivity contribution in [1.29, 1.82) is 0 Å². The van der Waals surface area contributed by atoms with Gasteiger partial charge < -0.3 is 0 Å². The Hall–Kier alpha value is -0.780. The lowest BCUT2D eigenvalue weighted by Crippen LogP contribution is -2.35. The van der Waals surface area contributed by atoms with E-state index in [-0.39, 0.29) is 0 Å². The van der Waals surface area contributed by atoms with Crippen molar-refractivity contribution in [2.75, 3.05) is 0 Å². The molecule has 0 N–H and O–H groups in total. The standard InChI is InChI=1S/C20H30.2C2H6/c1-5-15-7-8-18-17(14(3)13-15)10-12-20(4)11-9-16(6-2)19(18)20;2*1-2/h5,7,14,17-18H,1,6,8-13H2,2-4H3;2*1-2H3. The molecule has 0 aromatic carbocycles. The maximum absolute atomic E-state index is 4.01. The van der Waals surface area contributed by atoms with Crippen LogP contribution in [0.3, 0.4) is 0 Å². The van der Waals surface area contributed by atoms with Gasteiger partial charge in [-0.15, -0.1) is 0 Å². The molecule has 0 nitrogen and oxygen atoms in total. The van der Waals surface area contributed by atoms with Gasteiger partial charge in [-0.25, -0.2) is 0 Å². The van der Waals surface area contributed by atoms with Gasteiger partial charge in [0.15, 0.2) is 0 Å². The monoisotopic (exact) mass is 330 g/mol. The molecule has 1 saturated carbocycles. The first kappa shape index (κ1) is 21.3. The average molecular weight is 331 g/mol. The van der Waals surface area contributed by atoms with Gasteiger partial charge in [-0.1, -0.05) is 83.9 Å². The molecule has 0 saturated heterocycles. The molecular formula is C24H42. The van der Waals surface area contributed by atoms with Gasteiger partial charge in [0, 0.05) is 0 Å². The van der Waals surface area contributed by atoms with Crippen LogP contribution in [0.4, 0.5) is 0 Å². The molecule has 4 atom stereocenters. The lowest BCUT2D eigenvalue weighted by atomic mass is 9.60. The lowest BCUT2D eigenvalue weighted by molar-refractivity contribution is 0.149. The second-order valence-electron chi connectivity index (χ2n) is 7.64. The van der Waals surface area contributed by atoms with Gasteiger partial charge in [-0.2, -0.15) is 0 Å². The smallest absolute Gasteiger partial charge is 0.0108 e. The molecular weight excluding hydrogens is 288 g/mol. The summed E-state index contributed by atoms with van der Waals surface area (Å²) < 4.78 is 0. The van der Waals surface area contributed by atoms with Crippen LogP contribution in [0, 0.1) is 23.2 Å². The minimum atomic E-state index is 0.540. The lowest BCUT2D eigenvalue weighted by Gasteiger charge is -2.45. The number of rotatable bonds is 2. The summed E-state index contributed by atoms with van der Waals surface area (Å²) in [5.74, 6) is 2.56. The third-order valence-electron chi connectivity index (χ3n) is 6.54. The van der Waals surface area contributed by atoms with E-state index in [4.69, 9.17) is 0 Å². The van der Waals surface area contributed by atoms with Crippen molar-refractivity contribution in [3.8, 4) is 0 Å². The highest BCUT2D eigenvalue weighted by molar-refractivity contribution is 5.34. The van der Waals surface area contributed by atoms with E-state index in [1.807, 2.05) is 38.8 Å². The van der Waals surface area contributed by atoms with E-state index < -0.39 is 0 Å². The third kappa shape index (κ3) is 4.06. The highest BCUT2D eigenvalue weighted by atomic mass is 14.5. The molecule has 3 aliphatic rings. The zero-order valence-electron chi connectivity index (χ0n) is 17.5. The minimum Gasteiger partial charge on any atom is -0.0988 e. The Morgan fingerprint density at radius 3 is 2.46 bits per heavy atom. The van der Waals surface area contributed by atoms with Crippen molar-refractivity contribution >= 4 is 0 Å². The van der Waals surface area contributed by atoms with Gasteiger partial charge in [0.05, 0.1) is 0 Å². The van der Waals surface area contributed by atoms with Crippen molar-refractivity contribution in [1.82, 2.24) is 0 Å². The summed E-state index contributed by atoms with van der Waals surface area (Å²) in [6.45, 7) is 19.4. The van der Waals surface area contributed by atoms with Gasteiger partial charge in [-0.05, 0) is 68.1 Å². The summed E-state index contributed by atoms with van der Waals surface area (Å²) in [5.41, 5.74) is 5.73. The van der Waals surface area contributed by atoms with E-state index in [1.54, 1.807) is 0 Å². The number of fused-ring (bicyclic) bond motifs is 3. The fourth-order valence-electron chi connectivity index (χ4n) is 5.39. The normalized spacial score (nSPS) is 34.5. The van der Waals surface area contributed by atoms with Crippen LogP contribution < -0.4 is 0 Å². The molecule has 0 spiro atoms. The number of hydrogen-bond acceptors (Lipinski definition) is 0. The molecule has 0 heterocycles. The van der Waals surface area contributed by atoms with Crippen molar-refractivity contribution < 1.29 is 0 Å². The Kier molecular flexibility index (Phi) is 8.54. The maximum atomic E-state index is 4.01. The van der Waals surface area contributed by atoms with Crippen LogP contribution in [0.1, 0.15) is 93.4 Å². The van der Waals surface area contributed by atoms with Gasteiger partial charge >= 0.3 is 0 Å². The molecule has 0 aromatic rings. The molecule has 3 aliphatic carbocycles. The molecule has 0 aliphatic heterocycles. The summed E-state index contributed by atoms with van der Waals surface area (Å²) in [6, 6.07) is 0. The fraction of sp³-hybridized carbons (Fsp3) is 0.750. The van der Waals surface area contributed by atoms with Crippen LogP contribution in [-0.2, 0) is 0 Å². The molecule has 138 valence electrons. The van der Waals surface area contributed by atoms with Crippen LogP contribution in [-0.4, -0.2) is 0 Å². The predicted octanol–water partition coefficient (Wildman–Crippen LogP) is 8.11. The number of hydrogen-bond donors (Lipinski definition) is 0.